The Bertz CT molecular complexity index is 176. The zero-order valence-corrected chi connectivity index (χ0v) is 10.4. The van der Waals surface area contributed by atoms with Gasteiger partial charge < -0.3 is 10.4 Å². The molecular weight excluding hydrogens is 188 g/mol. The molecular formula is C12H26N2O. The molecule has 0 spiro atoms. The number of hydrogen-bond acceptors (Lipinski definition) is 3. The summed E-state index contributed by atoms with van der Waals surface area (Å²) in [5.74, 6) is 0. The molecule has 1 aliphatic heterocycles. The molecule has 0 bridgehead atoms. The lowest BCUT2D eigenvalue weighted by molar-refractivity contribution is -0.0218. The molecule has 0 amide bonds. The van der Waals surface area contributed by atoms with E-state index in [0.717, 1.165) is 39.0 Å². The largest absolute Gasteiger partial charge is 0.389 e. The van der Waals surface area contributed by atoms with Gasteiger partial charge in [0.25, 0.3) is 0 Å². The molecule has 3 nitrogen and oxygen atoms in total. The molecule has 1 saturated heterocycles. The number of hydrogen-bond donors (Lipinski definition) is 2. The quantitative estimate of drug-likeness (QED) is 0.669. The Balaban J connectivity index is 2.48. The van der Waals surface area contributed by atoms with Crippen molar-refractivity contribution in [3.05, 3.63) is 0 Å². The van der Waals surface area contributed by atoms with Gasteiger partial charge in [-0.15, -0.1) is 0 Å². The molecule has 1 fully saturated rings. The number of nitrogens with one attached hydrogen (secondary N) is 1. The molecule has 1 heterocycles. The zero-order valence-electron chi connectivity index (χ0n) is 10.4. The Morgan fingerprint density at radius 1 is 1.27 bits per heavy atom. The Morgan fingerprint density at radius 2 is 1.87 bits per heavy atom. The second-order valence-electron chi connectivity index (χ2n) is 4.71. The Labute approximate surface area is 93.9 Å². The Kier molecular flexibility index (Phi) is 5.03. The third kappa shape index (κ3) is 3.44. The first-order valence-corrected chi connectivity index (χ1v) is 6.32. The fourth-order valence-corrected chi connectivity index (χ4v) is 2.06. The fraction of sp³-hybridized carbons (Fsp3) is 1.00. The molecule has 1 aliphatic rings. The van der Waals surface area contributed by atoms with E-state index in [1.165, 1.54) is 6.42 Å². The predicted molar refractivity (Wildman–Crippen MR) is 64.1 cm³/mol. The van der Waals surface area contributed by atoms with E-state index in [9.17, 15) is 5.11 Å². The summed E-state index contributed by atoms with van der Waals surface area (Å²) in [5, 5.41) is 13.6. The summed E-state index contributed by atoms with van der Waals surface area (Å²) in [6, 6.07) is 0.648. The Morgan fingerprint density at radius 3 is 2.20 bits per heavy atom. The molecule has 1 rings (SSSR count). The summed E-state index contributed by atoms with van der Waals surface area (Å²) in [6.07, 6.45) is 2.87. The van der Waals surface area contributed by atoms with Gasteiger partial charge >= 0.3 is 0 Å². The maximum atomic E-state index is 10.3. The summed E-state index contributed by atoms with van der Waals surface area (Å²) in [6.45, 7) is 10.5. The van der Waals surface area contributed by atoms with Crippen molar-refractivity contribution in [2.24, 2.45) is 0 Å². The second-order valence-corrected chi connectivity index (χ2v) is 4.71. The predicted octanol–water partition coefficient (Wildman–Crippen LogP) is 1.22. The van der Waals surface area contributed by atoms with Crippen molar-refractivity contribution in [3.63, 3.8) is 0 Å². The van der Waals surface area contributed by atoms with Crippen molar-refractivity contribution in [3.8, 4) is 0 Å². The molecule has 0 saturated carbocycles. The van der Waals surface area contributed by atoms with Crippen LogP contribution in [0.1, 0.15) is 40.0 Å². The van der Waals surface area contributed by atoms with E-state index in [4.69, 9.17) is 0 Å². The fourth-order valence-electron chi connectivity index (χ4n) is 2.06. The third-order valence-corrected chi connectivity index (χ3v) is 3.60. The summed E-state index contributed by atoms with van der Waals surface area (Å²) in [5.41, 5.74) is -0.481. The van der Waals surface area contributed by atoms with E-state index in [0.29, 0.717) is 6.04 Å². The van der Waals surface area contributed by atoms with Gasteiger partial charge in [0.15, 0.2) is 0 Å². The van der Waals surface area contributed by atoms with Crippen molar-refractivity contribution in [2.75, 3.05) is 26.2 Å². The maximum absolute atomic E-state index is 10.3. The van der Waals surface area contributed by atoms with Gasteiger partial charge in [0.1, 0.15) is 0 Å². The standard InChI is InChI=1S/C12H26N2O/c1-4-7-14(11-8-13-9-11)10-12(15,5-2)6-3/h11,13,15H,4-10H2,1-3H3. The van der Waals surface area contributed by atoms with Gasteiger partial charge in [0, 0.05) is 25.7 Å². The molecule has 0 aromatic heterocycles. The van der Waals surface area contributed by atoms with Crippen LogP contribution in [0.4, 0.5) is 0 Å². The van der Waals surface area contributed by atoms with Crippen LogP contribution >= 0.6 is 0 Å². The molecule has 0 aliphatic carbocycles. The van der Waals surface area contributed by atoms with E-state index < -0.39 is 5.60 Å². The average molecular weight is 214 g/mol. The van der Waals surface area contributed by atoms with Gasteiger partial charge in [-0.25, -0.2) is 0 Å². The highest BCUT2D eigenvalue weighted by atomic mass is 16.3. The van der Waals surface area contributed by atoms with E-state index in [1.807, 2.05) is 0 Å². The zero-order chi connectivity index (χ0) is 11.3. The van der Waals surface area contributed by atoms with Crippen LogP contribution in [0, 0.1) is 0 Å². The summed E-state index contributed by atoms with van der Waals surface area (Å²) in [4.78, 5) is 2.45. The first-order valence-electron chi connectivity index (χ1n) is 6.32. The summed E-state index contributed by atoms with van der Waals surface area (Å²) < 4.78 is 0. The minimum absolute atomic E-state index is 0.481. The highest BCUT2D eigenvalue weighted by molar-refractivity contribution is 4.89. The van der Waals surface area contributed by atoms with E-state index in [1.54, 1.807) is 0 Å². The molecule has 15 heavy (non-hydrogen) atoms. The SMILES string of the molecule is CCCN(CC(O)(CC)CC)C1CNC1. The van der Waals surface area contributed by atoms with Crippen molar-refractivity contribution < 1.29 is 5.11 Å². The van der Waals surface area contributed by atoms with E-state index in [2.05, 4.69) is 31.0 Å². The highest BCUT2D eigenvalue weighted by Crippen LogP contribution is 2.19. The first kappa shape index (κ1) is 12.9. The highest BCUT2D eigenvalue weighted by Gasteiger charge is 2.31. The van der Waals surface area contributed by atoms with Crippen LogP contribution in [0.15, 0.2) is 0 Å². The molecule has 3 heteroatoms. The molecule has 0 atom stereocenters. The first-order chi connectivity index (χ1) is 7.15. The van der Waals surface area contributed by atoms with Gasteiger partial charge in [-0.3, -0.25) is 4.90 Å². The number of nitrogens with zero attached hydrogens (tertiary/aromatic N) is 1. The lowest BCUT2D eigenvalue weighted by atomic mass is 9.95. The number of aliphatic hydroxyl groups is 1. The number of rotatable bonds is 7. The van der Waals surface area contributed by atoms with Crippen LogP contribution in [0.2, 0.25) is 0 Å². The molecule has 2 N–H and O–H groups in total. The molecule has 90 valence electrons. The van der Waals surface area contributed by atoms with Crippen LogP contribution in [0.25, 0.3) is 0 Å². The summed E-state index contributed by atoms with van der Waals surface area (Å²) in [7, 11) is 0. The van der Waals surface area contributed by atoms with Gasteiger partial charge in [-0.2, -0.15) is 0 Å². The smallest absolute Gasteiger partial charge is 0.0769 e. The monoisotopic (exact) mass is 214 g/mol. The van der Waals surface area contributed by atoms with Crippen molar-refractivity contribution in [1.29, 1.82) is 0 Å². The van der Waals surface area contributed by atoms with Crippen LogP contribution in [0.3, 0.4) is 0 Å². The summed E-state index contributed by atoms with van der Waals surface area (Å²) >= 11 is 0. The molecule has 0 aromatic carbocycles. The lowest BCUT2D eigenvalue weighted by Gasteiger charge is -2.42. The van der Waals surface area contributed by atoms with Crippen LogP contribution in [-0.4, -0.2) is 47.8 Å². The van der Waals surface area contributed by atoms with E-state index >= 15 is 0 Å². The lowest BCUT2D eigenvalue weighted by Crippen LogP contribution is -2.60. The Hall–Kier alpha value is -0.120. The third-order valence-electron chi connectivity index (χ3n) is 3.60. The van der Waals surface area contributed by atoms with Crippen molar-refractivity contribution in [1.82, 2.24) is 10.2 Å². The minimum Gasteiger partial charge on any atom is -0.389 e. The van der Waals surface area contributed by atoms with Crippen molar-refractivity contribution >= 4 is 0 Å². The average Bonchev–Trinajstić information content (AvgIpc) is 2.15. The molecule has 0 radical (unpaired) electrons. The molecule has 0 unspecified atom stereocenters. The van der Waals surface area contributed by atoms with Gasteiger partial charge in [-0.05, 0) is 25.8 Å². The van der Waals surface area contributed by atoms with Crippen LogP contribution in [-0.2, 0) is 0 Å². The molecule has 0 aromatic rings. The van der Waals surface area contributed by atoms with Crippen LogP contribution in [0.5, 0.6) is 0 Å². The van der Waals surface area contributed by atoms with Gasteiger partial charge in [0.2, 0.25) is 0 Å². The van der Waals surface area contributed by atoms with Gasteiger partial charge in [-0.1, -0.05) is 20.8 Å². The second kappa shape index (κ2) is 5.83. The van der Waals surface area contributed by atoms with E-state index in [-0.39, 0.29) is 0 Å². The maximum Gasteiger partial charge on any atom is 0.0769 e. The van der Waals surface area contributed by atoms with Crippen LogP contribution < -0.4 is 5.32 Å². The normalized spacial score (nSPS) is 18.2. The topological polar surface area (TPSA) is 35.5 Å². The minimum atomic E-state index is -0.481. The van der Waals surface area contributed by atoms with Gasteiger partial charge in [0.05, 0.1) is 5.60 Å². The van der Waals surface area contributed by atoms with Crippen molar-refractivity contribution in [2.45, 2.75) is 51.7 Å².